The molecule has 0 spiro atoms. The summed E-state index contributed by atoms with van der Waals surface area (Å²) in [5.41, 5.74) is 0.472. The number of hydrogen-bond donors (Lipinski definition) is 0. The molecule has 4 nitrogen and oxygen atoms in total. The highest BCUT2D eigenvalue weighted by molar-refractivity contribution is 5.44. The van der Waals surface area contributed by atoms with Gasteiger partial charge < -0.3 is 9.47 Å². The first-order valence-electron chi connectivity index (χ1n) is 6.24. The maximum Gasteiger partial charge on any atom is 0.573 e. The number of hydrogen-bond acceptors (Lipinski definition) is 4. The van der Waals surface area contributed by atoms with Crippen molar-refractivity contribution in [2.45, 2.75) is 12.7 Å². The van der Waals surface area contributed by atoms with E-state index >= 15 is 0 Å². The van der Waals surface area contributed by atoms with Gasteiger partial charge in [-0.25, -0.2) is 0 Å². The molecule has 0 fully saturated rings. The first-order valence-corrected chi connectivity index (χ1v) is 6.24. The minimum atomic E-state index is -4.79. The number of benzene rings is 2. The Morgan fingerprint density at radius 3 is 1.08 bits per heavy atom. The van der Waals surface area contributed by atoms with Crippen LogP contribution < -0.4 is 9.47 Å². The average Bonchev–Trinajstić information content (AvgIpc) is 2.45. The Balaban J connectivity index is 2.00. The molecule has 0 radical (unpaired) electrons. The van der Waals surface area contributed by atoms with Crippen molar-refractivity contribution in [3.8, 4) is 11.5 Å². The third kappa shape index (κ3) is 6.15. The van der Waals surface area contributed by atoms with E-state index in [4.69, 9.17) is 0 Å². The summed E-state index contributed by atoms with van der Waals surface area (Å²) in [5.74, 6) is -0.815. The van der Waals surface area contributed by atoms with Gasteiger partial charge in [-0.15, -0.1) is 26.3 Å². The Bertz CT molecular complexity index is 632. The lowest BCUT2D eigenvalue weighted by Crippen LogP contribution is -2.16. The quantitative estimate of drug-likeness (QED) is 0.509. The number of alkyl halides is 6. The molecule has 10 heteroatoms. The van der Waals surface area contributed by atoms with Crippen molar-refractivity contribution in [2.24, 2.45) is 10.2 Å². The van der Waals surface area contributed by atoms with Gasteiger partial charge in [-0.3, -0.25) is 0 Å². The van der Waals surface area contributed by atoms with Gasteiger partial charge in [0.25, 0.3) is 0 Å². The Morgan fingerprint density at radius 2 is 0.833 bits per heavy atom. The first kappa shape index (κ1) is 17.6. The number of ether oxygens (including phenoxy) is 2. The third-order valence-corrected chi connectivity index (χ3v) is 2.42. The van der Waals surface area contributed by atoms with Crippen molar-refractivity contribution >= 4 is 11.4 Å². The molecule has 0 unspecified atom stereocenters. The van der Waals surface area contributed by atoms with Gasteiger partial charge in [-0.05, 0) is 48.5 Å². The SMILES string of the molecule is FC(F)(F)Oc1ccc(/N=N/c2ccc(OC(F)(F)F)cc2)cc1. The van der Waals surface area contributed by atoms with Crippen molar-refractivity contribution in [3.05, 3.63) is 48.5 Å². The topological polar surface area (TPSA) is 43.2 Å². The molecule has 0 aliphatic heterocycles. The van der Waals surface area contributed by atoms with Crippen LogP contribution in [0.4, 0.5) is 37.7 Å². The number of nitrogens with zero attached hydrogens (tertiary/aromatic N) is 2. The molecule has 0 heterocycles. The maximum absolute atomic E-state index is 12.0. The van der Waals surface area contributed by atoms with Gasteiger partial charge in [0.1, 0.15) is 11.5 Å². The molecule has 0 bridgehead atoms. The fourth-order valence-electron chi connectivity index (χ4n) is 1.54. The highest BCUT2D eigenvalue weighted by atomic mass is 19.4. The van der Waals surface area contributed by atoms with E-state index in [1.165, 1.54) is 24.3 Å². The standard InChI is InChI=1S/C14H8F6N2O2/c15-13(16,17)23-11-5-1-9(2-6-11)21-22-10-3-7-12(8-4-10)24-14(18,19)20/h1-8H/b22-21+. The molecule has 2 aromatic rings. The van der Waals surface area contributed by atoms with Crippen molar-refractivity contribution in [2.75, 3.05) is 0 Å². The molecule has 24 heavy (non-hydrogen) atoms. The van der Waals surface area contributed by atoms with E-state index < -0.39 is 24.2 Å². The van der Waals surface area contributed by atoms with Gasteiger partial charge in [-0.1, -0.05) is 0 Å². The molecule has 2 aromatic carbocycles. The van der Waals surface area contributed by atoms with E-state index in [2.05, 4.69) is 19.7 Å². The molecule has 128 valence electrons. The summed E-state index contributed by atoms with van der Waals surface area (Å²) < 4.78 is 79.4. The molecule has 0 amide bonds. The molecule has 0 N–H and O–H groups in total. The molecule has 0 saturated heterocycles. The third-order valence-electron chi connectivity index (χ3n) is 2.42. The lowest BCUT2D eigenvalue weighted by molar-refractivity contribution is -0.275. The zero-order chi connectivity index (χ0) is 17.8. The highest BCUT2D eigenvalue weighted by Gasteiger charge is 2.31. The summed E-state index contributed by atoms with van der Waals surface area (Å²) >= 11 is 0. The molecule has 0 atom stereocenters. The minimum absolute atomic E-state index is 0.236. The van der Waals surface area contributed by atoms with Crippen LogP contribution in [0, 0.1) is 0 Å². The van der Waals surface area contributed by atoms with Gasteiger partial charge in [-0.2, -0.15) is 10.2 Å². The van der Waals surface area contributed by atoms with Crippen LogP contribution >= 0.6 is 0 Å². The molecule has 0 aliphatic carbocycles. The van der Waals surface area contributed by atoms with E-state index in [-0.39, 0.29) is 11.4 Å². The van der Waals surface area contributed by atoms with Crippen LogP contribution in [-0.2, 0) is 0 Å². The maximum atomic E-state index is 12.0. The van der Waals surface area contributed by atoms with Crippen LogP contribution in [0.2, 0.25) is 0 Å². The fourth-order valence-corrected chi connectivity index (χ4v) is 1.54. The summed E-state index contributed by atoms with van der Waals surface area (Å²) in [7, 11) is 0. The Hall–Kier alpha value is -2.78. The van der Waals surface area contributed by atoms with E-state index in [1.807, 2.05) is 0 Å². The molecule has 0 aliphatic rings. The second-order valence-corrected chi connectivity index (χ2v) is 4.28. The fraction of sp³-hybridized carbons (Fsp3) is 0.143. The van der Waals surface area contributed by atoms with Crippen LogP contribution in [0.1, 0.15) is 0 Å². The van der Waals surface area contributed by atoms with Gasteiger partial charge in [0, 0.05) is 0 Å². The normalized spacial score (nSPS) is 12.4. The zero-order valence-electron chi connectivity index (χ0n) is 11.6. The molecular formula is C14H8F6N2O2. The summed E-state index contributed by atoms with van der Waals surface area (Å²) in [5, 5.41) is 7.49. The second-order valence-electron chi connectivity index (χ2n) is 4.28. The second kappa shape index (κ2) is 6.77. The Kier molecular flexibility index (Phi) is 4.96. The van der Waals surface area contributed by atoms with E-state index in [0.29, 0.717) is 0 Å². The first-order chi connectivity index (χ1) is 11.1. The van der Waals surface area contributed by atoms with Crippen molar-refractivity contribution in [1.82, 2.24) is 0 Å². The summed E-state index contributed by atoms with van der Waals surface area (Å²) in [4.78, 5) is 0. The molecular weight excluding hydrogens is 342 g/mol. The average molecular weight is 350 g/mol. The van der Waals surface area contributed by atoms with E-state index in [0.717, 1.165) is 24.3 Å². The summed E-state index contributed by atoms with van der Waals surface area (Å²) in [6, 6.07) is 9.20. The van der Waals surface area contributed by atoms with E-state index in [1.54, 1.807) is 0 Å². The van der Waals surface area contributed by atoms with Crippen molar-refractivity contribution in [1.29, 1.82) is 0 Å². The van der Waals surface area contributed by atoms with Crippen LogP contribution in [0.5, 0.6) is 11.5 Å². The number of halogens is 6. The largest absolute Gasteiger partial charge is 0.573 e. The smallest absolute Gasteiger partial charge is 0.406 e. The highest BCUT2D eigenvalue weighted by Crippen LogP contribution is 2.27. The molecule has 0 aromatic heterocycles. The van der Waals surface area contributed by atoms with Gasteiger partial charge >= 0.3 is 12.7 Å². The van der Waals surface area contributed by atoms with Crippen LogP contribution in [-0.4, -0.2) is 12.7 Å². The van der Waals surface area contributed by atoms with Gasteiger partial charge in [0.15, 0.2) is 0 Å². The van der Waals surface area contributed by atoms with Crippen LogP contribution in [0.25, 0.3) is 0 Å². The summed E-state index contributed by atoms with van der Waals surface area (Å²) in [6.45, 7) is 0. The van der Waals surface area contributed by atoms with Gasteiger partial charge in [0.05, 0.1) is 11.4 Å². The molecule has 0 saturated carbocycles. The minimum Gasteiger partial charge on any atom is -0.406 e. The van der Waals surface area contributed by atoms with Crippen molar-refractivity contribution < 1.29 is 35.8 Å². The lowest BCUT2D eigenvalue weighted by atomic mass is 10.3. The number of azo groups is 1. The predicted molar refractivity (Wildman–Crippen MR) is 70.4 cm³/mol. The Labute approximate surface area is 131 Å². The van der Waals surface area contributed by atoms with Crippen LogP contribution in [0.15, 0.2) is 58.8 Å². The summed E-state index contributed by atoms with van der Waals surface area (Å²) in [6.07, 6.45) is -9.58. The molecule has 2 rings (SSSR count). The van der Waals surface area contributed by atoms with Gasteiger partial charge in [0.2, 0.25) is 0 Å². The van der Waals surface area contributed by atoms with Crippen LogP contribution in [0.3, 0.4) is 0 Å². The van der Waals surface area contributed by atoms with E-state index in [9.17, 15) is 26.3 Å². The predicted octanol–water partition coefficient (Wildman–Crippen LogP) is 5.90. The zero-order valence-corrected chi connectivity index (χ0v) is 11.6. The number of rotatable bonds is 4. The van der Waals surface area contributed by atoms with Crippen molar-refractivity contribution in [3.63, 3.8) is 0 Å². The monoisotopic (exact) mass is 350 g/mol. The Morgan fingerprint density at radius 1 is 0.542 bits per heavy atom. The lowest BCUT2D eigenvalue weighted by Gasteiger charge is -2.08.